The van der Waals surface area contributed by atoms with E-state index in [-0.39, 0.29) is 0 Å². The van der Waals surface area contributed by atoms with Gasteiger partial charge < -0.3 is 9.84 Å². The molecular formula is C16H18ClN3O2. The molecule has 0 spiro atoms. The van der Waals surface area contributed by atoms with Gasteiger partial charge in [0, 0.05) is 36.6 Å². The van der Waals surface area contributed by atoms with Crippen LogP contribution >= 0.6 is 11.6 Å². The lowest BCUT2D eigenvalue weighted by atomic mass is 10.0. The SMILES string of the molecule is COc1ncnc2c1CN(CC(O)c1ccc(Cl)cc1)CC2. The largest absolute Gasteiger partial charge is 0.481 e. The number of methoxy groups -OCH3 is 1. The average Bonchev–Trinajstić information content (AvgIpc) is 2.54. The van der Waals surface area contributed by atoms with Gasteiger partial charge in [0.2, 0.25) is 5.88 Å². The molecule has 0 radical (unpaired) electrons. The van der Waals surface area contributed by atoms with Gasteiger partial charge in [0.15, 0.2) is 0 Å². The molecule has 0 aliphatic carbocycles. The fraction of sp³-hybridized carbons (Fsp3) is 0.375. The van der Waals surface area contributed by atoms with E-state index in [0.717, 1.165) is 29.8 Å². The minimum atomic E-state index is -0.547. The molecule has 1 aromatic carbocycles. The van der Waals surface area contributed by atoms with Crippen molar-refractivity contribution >= 4 is 11.6 Å². The lowest BCUT2D eigenvalue weighted by molar-refractivity contribution is 0.104. The van der Waals surface area contributed by atoms with E-state index in [1.54, 1.807) is 19.2 Å². The lowest BCUT2D eigenvalue weighted by Crippen LogP contribution is -2.34. The van der Waals surface area contributed by atoms with Gasteiger partial charge in [0.1, 0.15) is 6.33 Å². The first-order chi connectivity index (χ1) is 10.7. The number of β-amino-alcohol motifs (C(OH)–C–C–N with tert-alkyl or cyclic N) is 1. The Hall–Kier alpha value is -1.69. The van der Waals surface area contributed by atoms with E-state index in [2.05, 4.69) is 14.9 Å². The zero-order valence-electron chi connectivity index (χ0n) is 12.4. The number of benzene rings is 1. The lowest BCUT2D eigenvalue weighted by Gasteiger charge is -2.30. The van der Waals surface area contributed by atoms with E-state index in [0.29, 0.717) is 24.0 Å². The van der Waals surface area contributed by atoms with Gasteiger partial charge in [-0.05, 0) is 17.7 Å². The molecule has 2 heterocycles. The Bertz CT molecular complexity index is 634. The van der Waals surface area contributed by atoms with Gasteiger partial charge in [-0.15, -0.1) is 0 Å². The fourth-order valence-electron chi connectivity index (χ4n) is 2.74. The second kappa shape index (κ2) is 6.60. The number of aliphatic hydroxyl groups excluding tert-OH is 1. The molecule has 0 bridgehead atoms. The van der Waals surface area contributed by atoms with Crippen LogP contribution in [-0.2, 0) is 13.0 Å². The maximum atomic E-state index is 10.4. The molecule has 1 aromatic heterocycles. The molecule has 116 valence electrons. The summed E-state index contributed by atoms with van der Waals surface area (Å²) in [6.07, 6.45) is 1.83. The van der Waals surface area contributed by atoms with Crippen LogP contribution in [-0.4, -0.2) is 40.2 Å². The van der Waals surface area contributed by atoms with E-state index >= 15 is 0 Å². The number of ether oxygens (including phenoxy) is 1. The van der Waals surface area contributed by atoms with Crippen LogP contribution in [0.25, 0.3) is 0 Å². The highest BCUT2D eigenvalue weighted by Crippen LogP contribution is 2.26. The number of aliphatic hydroxyl groups is 1. The van der Waals surface area contributed by atoms with Gasteiger partial charge in [-0.25, -0.2) is 9.97 Å². The van der Waals surface area contributed by atoms with Gasteiger partial charge in [0.25, 0.3) is 0 Å². The Labute approximate surface area is 134 Å². The molecule has 1 aliphatic heterocycles. The number of aromatic nitrogens is 2. The van der Waals surface area contributed by atoms with Crippen LogP contribution in [0.3, 0.4) is 0 Å². The van der Waals surface area contributed by atoms with Crippen molar-refractivity contribution in [1.82, 2.24) is 14.9 Å². The second-order valence-electron chi connectivity index (χ2n) is 5.36. The minimum Gasteiger partial charge on any atom is -0.481 e. The number of rotatable bonds is 4. The fourth-order valence-corrected chi connectivity index (χ4v) is 2.86. The van der Waals surface area contributed by atoms with Crippen LogP contribution in [0.1, 0.15) is 22.9 Å². The van der Waals surface area contributed by atoms with Crippen molar-refractivity contribution in [3.8, 4) is 5.88 Å². The third-order valence-corrected chi connectivity index (χ3v) is 4.17. The highest BCUT2D eigenvalue weighted by Gasteiger charge is 2.23. The summed E-state index contributed by atoms with van der Waals surface area (Å²) in [5, 5.41) is 11.1. The predicted octanol–water partition coefficient (Wildman–Crippen LogP) is 2.23. The van der Waals surface area contributed by atoms with E-state index in [9.17, 15) is 5.11 Å². The first-order valence-corrected chi connectivity index (χ1v) is 7.58. The second-order valence-corrected chi connectivity index (χ2v) is 5.80. The summed E-state index contributed by atoms with van der Waals surface area (Å²) in [4.78, 5) is 10.7. The number of halogens is 1. The molecule has 2 aromatic rings. The van der Waals surface area contributed by atoms with Crippen molar-refractivity contribution in [2.45, 2.75) is 19.1 Å². The molecule has 1 atom stereocenters. The van der Waals surface area contributed by atoms with Crippen LogP contribution in [0.15, 0.2) is 30.6 Å². The van der Waals surface area contributed by atoms with Crippen LogP contribution in [0.2, 0.25) is 5.02 Å². The van der Waals surface area contributed by atoms with Gasteiger partial charge in [-0.1, -0.05) is 23.7 Å². The quantitative estimate of drug-likeness (QED) is 0.936. The smallest absolute Gasteiger partial charge is 0.220 e. The number of hydrogen-bond donors (Lipinski definition) is 1. The van der Waals surface area contributed by atoms with Crippen molar-refractivity contribution in [3.63, 3.8) is 0 Å². The summed E-state index contributed by atoms with van der Waals surface area (Å²) in [6, 6.07) is 7.30. The van der Waals surface area contributed by atoms with Crippen LogP contribution in [0, 0.1) is 0 Å². The zero-order valence-corrected chi connectivity index (χ0v) is 13.1. The highest BCUT2D eigenvalue weighted by atomic mass is 35.5. The normalized spacial score (nSPS) is 16.1. The van der Waals surface area contributed by atoms with Crippen LogP contribution in [0.4, 0.5) is 0 Å². The summed E-state index contributed by atoms with van der Waals surface area (Å²) in [5.41, 5.74) is 2.91. The molecule has 0 amide bonds. The molecule has 6 heteroatoms. The Morgan fingerprint density at radius 1 is 1.32 bits per heavy atom. The van der Waals surface area contributed by atoms with Crippen LogP contribution < -0.4 is 4.74 Å². The molecule has 1 aliphatic rings. The van der Waals surface area contributed by atoms with E-state index in [1.165, 1.54) is 6.33 Å². The minimum absolute atomic E-state index is 0.547. The molecule has 5 nitrogen and oxygen atoms in total. The number of hydrogen-bond acceptors (Lipinski definition) is 5. The first-order valence-electron chi connectivity index (χ1n) is 7.20. The summed E-state index contributed by atoms with van der Waals surface area (Å²) in [6.45, 7) is 2.10. The number of fused-ring (bicyclic) bond motifs is 1. The summed E-state index contributed by atoms with van der Waals surface area (Å²) in [5.74, 6) is 0.621. The Kier molecular flexibility index (Phi) is 4.57. The molecule has 0 saturated heterocycles. The molecule has 1 N–H and O–H groups in total. The monoisotopic (exact) mass is 319 g/mol. The van der Waals surface area contributed by atoms with E-state index in [1.807, 2.05) is 12.1 Å². The Morgan fingerprint density at radius 2 is 2.09 bits per heavy atom. The molecule has 0 saturated carbocycles. The Balaban J connectivity index is 1.71. The molecule has 3 rings (SSSR count). The summed E-state index contributed by atoms with van der Waals surface area (Å²) < 4.78 is 5.31. The number of nitrogens with zero attached hydrogens (tertiary/aromatic N) is 3. The summed E-state index contributed by atoms with van der Waals surface area (Å²) in [7, 11) is 1.62. The van der Waals surface area contributed by atoms with Gasteiger partial charge >= 0.3 is 0 Å². The average molecular weight is 320 g/mol. The van der Waals surface area contributed by atoms with Crippen molar-refractivity contribution in [1.29, 1.82) is 0 Å². The van der Waals surface area contributed by atoms with E-state index in [4.69, 9.17) is 16.3 Å². The first kappa shape index (κ1) is 15.2. The zero-order chi connectivity index (χ0) is 15.5. The Morgan fingerprint density at radius 3 is 2.82 bits per heavy atom. The van der Waals surface area contributed by atoms with Crippen molar-refractivity contribution in [2.24, 2.45) is 0 Å². The topological polar surface area (TPSA) is 58.5 Å². The third kappa shape index (κ3) is 3.21. The van der Waals surface area contributed by atoms with Crippen molar-refractivity contribution in [3.05, 3.63) is 52.4 Å². The van der Waals surface area contributed by atoms with Crippen LogP contribution in [0.5, 0.6) is 5.88 Å². The van der Waals surface area contributed by atoms with Crippen molar-refractivity contribution < 1.29 is 9.84 Å². The molecular weight excluding hydrogens is 302 g/mol. The summed E-state index contributed by atoms with van der Waals surface area (Å²) >= 11 is 5.88. The predicted molar refractivity (Wildman–Crippen MR) is 84.0 cm³/mol. The van der Waals surface area contributed by atoms with Gasteiger partial charge in [-0.2, -0.15) is 0 Å². The maximum Gasteiger partial charge on any atom is 0.220 e. The third-order valence-electron chi connectivity index (χ3n) is 3.92. The highest BCUT2D eigenvalue weighted by molar-refractivity contribution is 6.30. The van der Waals surface area contributed by atoms with Crippen molar-refractivity contribution in [2.75, 3.05) is 20.2 Å². The maximum absolute atomic E-state index is 10.4. The molecule has 1 unspecified atom stereocenters. The van der Waals surface area contributed by atoms with Gasteiger partial charge in [0.05, 0.1) is 18.9 Å². The van der Waals surface area contributed by atoms with Gasteiger partial charge in [-0.3, -0.25) is 4.90 Å². The standard InChI is InChI=1S/C16H18ClN3O2/c1-22-16-13-8-20(7-6-14(13)18-10-19-16)9-15(21)11-2-4-12(17)5-3-11/h2-5,10,15,21H,6-9H2,1H3. The van der Waals surface area contributed by atoms with E-state index < -0.39 is 6.10 Å². The molecule has 0 fully saturated rings. The molecule has 22 heavy (non-hydrogen) atoms.